The zero-order valence-corrected chi connectivity index (χ0v) is 20.3. The van der Waals surface area contributed by atoms with Crippen LogP contribution < -0.4 is 4.90 Å². The van der Waals surface area contributed by atoms with Gasteiger partial charge in [-0.2, -0.15) is 4.58 Å². The van der Waals surface area contributed by atoms with Crippen molar-refractivity contribution in [3.63, 3.8) is 0 Å². The maximum Gasteiger partial charge on any atom is 0.269 e. The average molecular weight is 447 g/mol. The lowest BCUT2D eigenvalue weighted by molar-refractivity contribution is -0.401. The highest BCUT2D eigenvalue weighted by Crippen LogP contribution is 2.48. The normalized spacial score (nSPS) is 19.5. The molecule has 33 heavy (non-hydrogen) atoms. The Balaban J connectivity index is 1.74. The van der Waals surface area contributed by atoms with Gasteiger partial charge in [0.25, 0.3) is 5.69 Å². The lowest BCUT2D eigenvalue weighted by atomic mass is 9.81. The van der Waals surface area contributed by atoms with Gasteiger partial charge in [0.15, 0.2) is 5.71 Å². The second-order valence-electron chi connectivity index (χ2n) is 9.73. The molecule has 0 spiro atoms. The molecular formula is C27H32N3O3+. The zero-order valence-electron chi connectivity index (χ0n) is 20.3. The summed E-state index contributed by atoms with van der Waals surface area (Å²) in [6, 6.07) is 13.7. The van der Waals surface area contributed by atoms with E-state index in [4.69, 9.17) is 4.74 Å². The summed E-state index contributed by atoms with van der Waals surface area (Å²) in [7, 11) is 3.80. The number of benzene rings is 2. The van der Waals surface area contributed by atoms with Crippen molar-refractivity contribution < 1.29 is 14.2 Å². The van der Waals surface area contributed by atoms with E-state index in [1.165, 1.54) is 17.0 Å². The molecule has 0 bridgehead atoms. The number of para-hydroxylation sites is 1. The van der Waals surface area contributed by atoms with Crippen molar-refractivity contribution in [3.8, 4) is 0 Å². The number of fused-ring (bicyclic) bond motifs is 2. The summed E-state index contributed by atoms with van der Waals surface area (Å²) in [4.78, 5) is 13.3. The molecule has 2 aliphatic rings. The van der Waals surface area contributed by atoms with Crippen LogP contribution in [-0.4, -0.2) is 42.5 Å². The maximum absolute atomic E-state index is 11.4. The molecule has 0 unspecified atom stereocenters. The van der Waals surface area contributed by atoms with Crippen molar-refractivity contribution in [2.45, 2.75) is 38.5 Å². The SMILES string of the molecule is COCCN1C(=CC=CC2=[N+](C)c3ccccc3C2(C)C)C(C)(C)c2cc([N+](=O)[O-])ccc21. The van der Waals surface area contributed by atoms with Gasteiger partial charge in [0.2, 0.25) is 5.69 Å². The van der Waals surface area contributed by atoms with Crippen LogP contribution in [0.4, 0.5) is 17.1 Å². The molecule has 2 aliphatic heterocycles. The molecule has 0 aromatic heterocycles. The van der Waals surface area contributed by atoms with Crippen LogP contribution in [0.3, 0.4) is 0 Å². The molecule has 0 atom stereocenters. The van der Waals surface area contributed by atoms with Gasteiger partial charge < -0.3 is 9.64 Å². The minimum atomic E-state index is -0.371. The van der Waals surface area contributed by atoms with E-state index in [1.807, 2.05) is 6.07 Å². The molecule has 0 N–H and O–H groups in total. The van der Waals surface area contributed by atoms with Gasteiger partial charge in [0.1, 0.15) is 7.05 Å². The third-order valence-electron chi connectivity index (χ3n) is 7.05. The standard InChI is InChI=1S/C27H32N3O3/c1-26(2)20-10-7-8-11-22(20)28(5)24(26)12-9-13-25-27(3,4)21-18-19(30(31)32)14-15-23(21)29(25)16-17-33-6/h7-15,18H,16-17H2,1-6H3/q+1. The number of allylic oxidation sites excluding steroid dienone is 4. The van der Waals surface area contributed by atoms with E-state index in [0.717, 1.165) is 16.9 Å². The summed E-state index contributed by atoms with van der Waals surface area (Å²) >= 11 is 0. The molecule has 2 heterocycles. The summed E-state index contributed by atoms with van der Waals surface area (Å²) in [5.41, 5.74) is 6.50. The molecule has 172 valence electrons. The predicted octanol–water partition coefficient (Wildman–Crippen LogP) is 5.49. The first-order chi connectivity index (χ1) is 15.6. The monoisotopic (exact) mass is 446 g/mol. The molecular weight excluding hydrogens is 414 g/mol. The third kappa shape index (κ3) is 3.68. The first-order valence-corrected chi connectivity index (χ1v) is 11.3. The molecule has 6 heteroatoms. The first kappa shape index (κ1) is 22.9. The summed E-state index contributed by atoms with van der Waals surface area (Å²) in [6.07, 6.45) is 6.43. The van der Waals surface area contributed by atoms with E-state index in [9.17, 15) is 10.1 Å². The Hall–Kier alpha value is -3.25. The van der Waals surface area contributed by atoms with Gasteiger partial charge in [-0.1, -0.05) is 38.1 Å². The molecule has 2 aromatic carbocycles. The minimum absolute atomic E-state index is 0.0924. The molecule has 0 saturated carbocycles. The molecule has 6 nitrogen and oxygen atoms in total. The topological polar surface area (TPSA) is 58.6 Å². The molecule has 0 saturated heterocycles. The molecule has 2 aromatic rings. The highest BCUT2D eigenvalue weighted by Gasteiger charge is 2.43. The van der Waals surface area contributed by atoms with E-state index < -0.39 is 0 Å². The van der Waals surface area contributed by atoms with Crippen LogP contribution in [0.1, 0.15) is 38.8 Å². The third-order valence-corrected chi connectivity index (χ3v) is 7.05. The number of rotatable bonds is 6. The molecule has 0 amide bonds. The van der Waals surface area contributed by atoms with Gasteiger partial charge in [0, 0.05) is 60.3 Å². The zero-order chi connectivity index (χ0) is 24.0. The quantitative estimate of drug-likeness (QED) is 0.335. The number of anilines is 1. The van der Waals surface area contributed by atoms with Gasteiger partial charge >= 0.3 is 0 Å². The Kier molecular flexibility index (Phi) is 5.74. The maximum atomic E-state index is 11.4. The summed E-state index contributed by atoms with van der Waals surface area (Å²) in [5, 5.41) is 11.4. The fourth-order valence-electron chi connectivity index (χ4n) is 5.23. The highest BCUT2D eigenvalue weighted by atomic mass is 16.6. The molecule has 4 rings (SSSR count). The van der Waals surface area contributed by atoms with Crippen molar-refractivity contribution in [2.75, 3.05) is 32.2 Å². The highest BCUT2D eigenvalue weighted by molar-refractivity contribution is 6.03. The molecule has 0 radical (unpaired) electrons. The Morgan fingerprint density at radius 1 is 1.09 bits per heavy atom. The number of nitro benzene ring substituents is 1. The fourth-order valence-corrected chi connectivity index (χ4v) is 5.23. The number of methoxy groups -OCH3 is 1. The van der Waals surface area contributed by atoms with Crippen LogP contribution in [0, 0.1) is 10.1 Å². The summed E-state index contributed by atoms with van der Waals surface area (Å²) in [6.45, 7) is 9.99. The number of nitro groups is 1. The van der Waals surface area contributed by atoms with Crippen LogP contribution in [0.15, 0.2) is 66.4 Å². The van der Waals surface area contributed by atoms with E-state index in [2.05, 4.69) is 86.7 Å². The summed E-state index contributed by atoms with van der Waals surface area (Å²) < 4.78 is 7.61. The number of nitrogens with zero attached hydrogens (tertiary/aromatic N) is 3. The van der Waals surface area contributed by atoms with Gasteiger partial charge in [-0.3, -0.25) is 10.1 Å². The van der Waals surface area contributed by atoms with Gasteiger partial charge in [0.05, 0.1) is 16.9 Å². The van der Waals surface area contributed by atoms with Crippen molar-refractivity contribution in [1.29, 1.82) is 0 Å². The minimum Gasteiger partial charge on any atom is -0.383 e. The fraction of sp³-hybridized carbons (Fsp3) is 0.370. The largest absolute Gasteiger partial charge is 0.383 e. The second-order valence-corrected chi connectivity index (χ2v) is 9.73. The lowest BCUT2D eigenvalue weighted by Crippen LogP contribution is -2.29. The Morgan fingerprint density at radius 2 is 1.82 bits per heavy atom. The molecule has 0 aliphatic carbocycles. The van der Waals surface area contributed by atoms with E-state index in [1.54, 1.807) is 19.2 Å². The predicted molar refractivity (Wildman–Crippen MR) is 133 cm³/mol. The Labute approximate surface area is 195 Å². The Bertz CT molecular complexity index is 1200. The first-order valence-electron chi connectivity index (χ1n) is 11.3. The van der Waals surface area contributed by atoms with Crippen molar-refractivity contribution in [2.24, 2.45) is 0 Å². The summed E-state index contributed by atoms with van der Waals surface area (Å²) in [5.74, 6) is 0. The van der Waals surface area contributed by atoms with Crippen LogP contribution in [0.5, 0.6) is 0 Å². The van der Waals surface area contributed by atoms with Gasteiger partial charge in [-0.15, -0.1) is 0 Å². The van der Waals surface area contributed by atoms with Crippen LogP contribution in [-0.2, 0) is 15.6 Å². The average Bonchev–Trinajstić information content (AvgIpc) is 3.11. The van der Waals surface area contributed by atoms with E-state index in [0.29, 0.717) is 13.2 Å². The number of non-ortho nitro benzene ring substituents is 1. The van der Waals surface area contributed by atoms with Crippen LogP contribution in [0.2, 0.25) is 0 Å². The van der Waals surface area contributed by atoms with Crippen LogP contribution >= 0.6 is 0 Å². The van der Waals surface area contributed by atoms with Gasteiger partial charge in [-0.25, -0.2) is 0 Å². The van der Waals surface area contributed by atoms with E-state index >= 15 is 0 Å². The van der Waals surface area contributed by atoms with Crippen molar-refractivity contribution in [3.05, 3.63) is 87.6 Å². The second kappa shape index (κ2) is 8.27. The number of hydrogen-bond donors (Lipinski definition) is 0. The smallest absolute Gasteiger partial charge is 0.269 e. The van der Waals surface area contributed by atoms with E-state index in [-0.39, 0.29) is 21.4 Å². The Morgan fingerprint density at radius 3 is 2.48 bits per heavy atom. The van der Waals surface area contributed by atoms with Crippen LogP contribution in [0.25, 0.3) is 0 Å². The lowest BCUT2D eigenvalue weighted by Gasteiger charge is -2.26. The molecule has 0 fully saturated rings. The number of ether oxygens (including phenoxy) is 1. The number of hydrogen-bond acceptors (Lipinski definition) is 4. The van der Waals surface area contributed by atoms with Crippen molar-refractivity contribution in [1.82, 2.24) is 0 Å². The van der Waals surface area contributed by atoms with Gasteiger partial charge in [-0.05, 0) is 31.6 Å². The van der Waals surface area contributed by atoms with Crippen molar-refractivity contribution >= 4 is 22.8 Å².